The predicted octanol–water partition coefficient (Wildman–Crippen LogP) is 1.32. The first-order valence-electron chi connectivity index (χ1n) is 7.42. The molecule has 1 aliphatic carbocycles. The van der Waals surface area contributed by atoms with E-state index in [2.05, 4.69) is 5.32 Å². The number of rotatable bonds is 7. The van der Waals surface area contributed by atoms with Gasteiger partial charge < -0.3 is 19.9 Å². The molecule has 1 heterocycles. The number of aliphatic hydroxyl groups excluding tert-OH is 1. The normalized spacial score (nSPS) is 27.5. The Bertz CT molecular complexity index is 213. The summed E-state index contributed by atoms with van der Waals surface area (Å²) in [6.45, 7) is 3.82. The molecule has 0 spiro atoms. The molecule has 0 radical (unpaired) electrons. The first kappa shape index (κ1) is 14.3. The second-order valence-corrected chi connectivity index (χ2v) is 5.64. The van der Waals surface area contributed by atoms with Gasteiger partial charge in [-0.1, -0.05) is 12.8 Å². The predicted molar refractivity (Wildman–Crippen MR) is 70.6 cm³/mol. The van der Waals surface area contributed by atoms with Crippen LogP contribution in [-0.4, -0.2) is 50.2 Å². The van der Waals surface area contributed by atoms with Gasteiger partial charge in [0.05, 0.1) is 25.4 Å². The maximum Gasteiger partial charge on any atom is 0.0897 e. The number of nitrogens with one attached hydrogen (secondary N) is 1. The van der Waals surface area contributed by atoms with Gasteiger partial charge in [-0.3, -0.25) is 0 Å². The third-order valence-electron chi connectivity index (χ3n) is 3.89. The molecule has 18 heavy (non-hydrogen) atoms. The number of ether oxygens (including phenoxy) is 2. The van der Waals surface area contributed by atoms with Crippen LogP contribution >= 0.6 is 0 Å². The monoisotopic (exact) mass is 257 g/mol. The molecule has 4 nitrogen and oxygen atoms in total. The molecule has 2 fully saturated rings. The van der Waals surface area contributed by atoms with Crippen LogP contribution in [0.4, 0.5) is 0 Å². The van der Waals surface area contributed by atoms with Crippen molar-refractivity contribution in [2.45, 2.75) is 50.7 Å². The average Bonchev–Trinajstić information content (AvgIpc) is 2.91. The lowest BCUT2D eigenvalue weighted by Crippen LogP contribution is -2.36. The molecule has 0 aromatic heterocycles. The molecule has 1 saturated heterocycles. The van der Waals surface area contributed by atoms with Gasteiger partial charge in [-0.05, 0) is 31.6 Å². The maximum absolute atomic E-state index is 9.82. The Morgan fingerprint density at radius 3 is 2.78 bits per heavy atom. The van der Waals surface area contributed by atoms with E-state index >= 15 is 0 Å². The zero-order valence-electron chi connectivity index (χ0n) is 11.3. The molecule has 0 aromatic rings. The standard InChI is InChI=1S/C14H27NO3/c16-13(11-18-14-5-1-2-6-14)9-15-8-12-4-3-7-17-10-12/h12-16H,1-11H2. The highest BCUT2D eigenvalue weighted by Crippen LogP contribution is 2.20. The van der Waals surface area contributed by atoms with E-state index in [1.807, 2.05) is 0 Å². The summed E-state index contributed by atoms with van der Waals surface area (Å²) in [4.78, 5) is 0. The molecule has 2 N–H and O–H groups in total. The molecule has 0 amide bonds. The fourth-order valence-electron chi connectivity index (χ4n) is 2.78. The molecule has 4 heteroatoms. The second-order valence-electron chi connectivity index (χ2n) is 5.64. The van der Waals surface area contributed by atoms with Crippen molar-refractivity contribution < 1.29 is 14.6 Å². The van der Waals surface area contributed by atoms with Crippen molar-refractivity contribution in [3.8, 4) is 0 Å². The Labute approximate surface area is 110 Å². The number of aliphatic hydroxyl groups is 1. The van der Waals surface area contributed by atoms with Crippen molar-refractivity contribution in [2.24, 2.45) is 5.92 Å². The van der Waals surface area contributed by atoms with Gasteiger partial charge in [-0.25, -0.2) is 0 Å². The van der Waals surface area contributed by atoms with Gasteiger partial charge >= 0.3 is 0 Å². The van der Waals surface area contributed by atoms with Gasteiger partial charge in [-0.15, -0.1) is 0 Å². The van der Waals surface area contributed by atoms with Gasteiger partial charge in [-0.2, -0.15) is 0 Å². The summed E-state index contributed by atoms with van der Waals surface area (Å²) >= 11 is 0. The number of hydrogen-bond acceptors (Lipinski definition) is 4. The van der Waals surface area contributed by atoms with Crippen LogP contribution < -0.4 is 5.32 Å². The Hall–Kier alpha value is -0.160. The van der Waals surface area contributed by atoms with Gasteiger partial charge in [0.2, 0.25) is 0 Å². The summed E-state index contributed by atoms with van der Waals surface area (Å²) in [7, 11) is 0. The Morgan fingerprint density at radius 2 is 2.06 bits per heavy atom. The summed E-state index contributed by atoms with van der Waals surface area (Å²) in [6.07, 6.45) is 7.31. The topological polar surface area (TPSA) is 50.7 Å². The minimum absolute atomic E-state index is 0.380. The minimum atomic E-state index is -0.380. The molecule has 0 aromatic carbocycles. The van der Waals surface area contributed by atoms with E-state index in [1.54, 1.807) is 0 Å². The molecule has 2 rings (SSSR count). The second kappa shape index (κ2) is 8.10. The van der Waals surface area contributed by atoms with E-state index in [0.717, 1.165) is 19.8 Å². The van der Waals surface area contributed by atoms with Crippen molar-refractivity contribution in [3.05, 3.63) is 0 Å². The molecule has 1 saturated carbocycles. The molecule has 0 bridgehead atoms. The van der Waals surface area contributed by atoms with Crippen LogP contribution in [0.1, 0.15) is 38.5 Å². The van der Waals surface area contributed by atoms with Crippen LogP contribution in [-0.2, 0) is 9.47 Å². The minimum Gasteiger partial charge on any atom is -0.389 e. The third kappa shape index (κ3) is 5.22. The highest BCUT2D eigenvalue weighted by atomic mass is 16.5. The van der Waals surface area contributed by atoms with Crippen LogP contribution in [0.2, 0.25) is 0 Å². The largest absolute Gasteiger partial charge is 0.389 e. The van der Waals surface area contributed by atoms with Gasteiger partial charge in [0.15, 0.2) is 0 Å². The quantitative estimate of drug-likeness (QED) is 0.722. The molecular weight excluding hydrogens is 230 g/mol. The Kier molecular flexibility index (Phi) is 6.41. The lowest BCUT2D eigenvalue weighted by molar-refractivity contribution is -0.00667. The van der Waals surface area contributed by atoms with Crippen molar-refractivity contribution >= 4 is 0 Å². The maximum atomic E-state index is 9.82. The number of hydrogen-bond donors (Lipinski definition) is 2. The van der Waals surface area contributed by atoms with Gasteiger partial charge in [0.25, 0.3) is 0 Å². The molecule has 2 unspecified atom stereocenters. The summed E-state index contributed by atoms with van der Waals surface area (Å²) in [6, 6.07) is 0. The molecule has 2 atom stereocenters. The fourth-order valence-corrected chi connectivity index (χ4v) is 2.78. The summed E-state index contributed by atoms with van der Waals surface area (Å²) < 4.78 is 11.1. The highest BCUT2D eigenvalue weighted by molar-refractivity contribution is 4.70. The van der Waals surface area contributed by atoms with Crippen LogP contribution in [0.3, 0.4) is 0 Å². The van der Waals surface area contributed by atoms with Crippen molar-refractivity contribution in [1.82, 2.24) is 5.32 Å². The Morgan fingerprint density at radius 1 is 1.22 bits per heavy atom. The SMILES string of the molecule is OC(CNCC1CCCOC1)COC1CCCC1. The Balaban J connectivity index is 1.47. The zero-order chi connectivity index (χ0) is 12.6. The van der Waals surface area contributed by atoms with E-state index < -0.39 is 0 Å². The highest BCUT2D eigenvalue weighted by Gasteiger charge is 2.17. The van der Waals surface area contributed by atoms with Crippen LogP contribution in [0.5, 0.6) is 0 Å². The molecular formula is C14H27NO3. The van der Waals surface area contributed by atoms with Crippen LogP contribution in [0.25, 0.3) is 0 Å². The molecule has 1 aliphatic heterocycles. The average molecular weight is 257 g/mol. The van der Waals surface area contributed by atoms with Gasteiger partial charge in [0, 0.05) is 19.7 Å². The third-order valence-corrected chi connectivity index (χ3v) is 3.89. The van der Waals surface area contributed by atoms with Crippen LogP contribution in [0, 0.1) is 5.92 Å². The van der Waals surface area contributed by atoms with E-state index in [1.165, 1.54) is 38.5 Å². The van der Waals surface area contributed by atoms with E-state index in [4.69, 9.17) is 9.47 Å². The van der Waals surface area contributed by atoms with Crippen molar-refractivity contribution in [2.75, 3.05) is 32.9 Å². The lowest BCUT2D eigenvalue weighted by Gasteiger charge is -2.23. The lowest BCUT2D eigenvalue weighted by atomic mass is 10.0. The summed E-state index contributed by atoms with van der Waals surface area (Å²) in [5.41, 5.74) is 0. The van der Waals surface area contributed by atoms with E-state index in [0.29, 0.717) is 25.2 Å². The van der Waals surface area contributed by atoms with Crippen molar-refractivity contribution in [1.29, 1.82) is 0 Å². The first-order valence-corrected chi connectivity index (χ1v) is 7.42. The molecule has 2 aliphatic rings. The summed E-state index contributed by atoms with van der Waals surface area (Å²) in [5.74, 6) is 0.613. The zero-order valence-corrected chi connectivity index (χ0v) is 11.3. The van der Waals surface area contributed by atoms with E-state index in [9.17, 15) is 5.11 Å². The van der Waals surface area contributed by atoms with Crippen LogP contribution in [0.15, 0.2) is 0 Å². The molecule has 106 valence electrons. The summed E-state index contributed by atoms with van der Waals surface area (Å²) in [5, 5.41) is 13.1. The smallest absolute Gasteiger partial charge is 0.0897 e. The van der Waals surface area contributed by atoms with Gasteiger partial charge in [0.1, 0.15) is 0 Å². The fraction of sp³-hybridized carbons (Fsp3) is 1.00. The van der Waals surface area contributed by atoms with Crippen molar-refractivity contribution in [3.63, 3.8) is 0 Å². The van der Waals surface area contributed by atoms with E-state index in [-0.39, 0.29) is 6.10 Å². The first-order chi connectivity index (χ1) is 8.84.